The molecule has 1 fully saturated rings. The molecule has 1 aliphatic heterocycles. The van der Waals surface area contributed by atoms with Gasteiger partial charge in [-0.15, -0.1) is 0 Å². The first-order valence-electron chi connectivity index (χ1n) is 14.2. The smallest absolute Gasteiger partial charge is 0.326 e. The van der Waals surface area contributed by atoms with Crippen LogP contribution >= 0.6 is 0 Å². The van der Waals surface area contributed by atoms with Gasteiger partial charge in [0.2, 0.25) is 5.78 Å². The summed E-state index contributed by atoms with van der Waals surface area (Å²) in [5.41, 5.74) is 2.60. The van der Waals surface area contributed by atoms with Crippen LogP contribution in [0, 0.1) is 11.3 Å². The standard InChI is InChI=1S/C33H43NO6/c1-6-33(2,3)30(35)31(36)34-21-11-18-25(29(34)32(37)38)16-9-14-23-12-7-8-13-24(23)15-10-17-26-22-27(39-4)19-20-28(26)40-5/h7-9,12-14,19-20,22,25,29H,6,10-11,15-18,21H2,1-5H3,(H,37,38)/b14-9+. The highest BCUT2D eigenvalue weighted by Gasteiger charge is 2.43. The number of amides is 1. The monoisotopic (exact) mass is 549 g/mol. The Labute approximate surface area is 238 Å². The van der Waals surface area contributed by atoms with Crippen LogP contribution in [0.1, 0.15) is 69.6 Å². The first-order chi connectivity index (χ1) is 19.1. The van der Waals surface area contributed by atoms with Gasteiger partial charge < -0.3 is 19.5 Å². The summed E-state index contributed by atoms with van der Waals surface area (Å²) in [5, 5.41) is 10.0. The minimum atomic E-state index is -1.05. The van der Waals surface area contributed by atoms with E-state index in [1.165, 1.54) is 10.5 Å². The number of nitrogens with zero attached hydrogens (tertiary/aromatic N) is 1. The molecule has 40 heavy (non-hydrogen) atoms. The van der Waals surface area contributed by atoms with Crippen molar-refractivity contribution in [3.63, 3.8) is 0 Å². The lowest BCUT2D eigenvalue weighted by Gasteiger charge is -2.39. The predicted octanol–water partition coefficient (Wildman–Crippen LogP) is 5.98. The number of Topliss-reactive ketones (excluding diaryl/α,β-unsaturated/α-hetero) is 1. The van der Waals surface area contributed by atoms with E-state index in [1.807, 2.05) is 49.4 Å². The molecule has 1 amide bonds. The Bertz CT molecular complexity index is 1220. The normalized spacial score (nSPS) is 17.6. The fourth-order valence-electron chi connectivity index (χ4n) is 5.31. The number of ether oxygens (including phenoxy) is 2. The summed E-state index contributed by atoms with van der Waals surface area (Å²) in [6, 6.07) is 13.0. The largest absolute Gasteiger partial charge is 0.497 e. The number of piperidine rings is 1. The number of allylic oxidation sites excluding steroid dienone is 1. The first-order valence-corrected chi connectivity index (χ1v) is 14.2. The molecule has 216 valence electrons. The Morgan fingerprint density at radius 3 is 2.45 bits per heavy atom. The average molecular weight is 550 g/mol. The fraction of sp³-hybridized carbons (Fsp3) is 0.485. The van der Waals surface area contributed by atoms with Gasteiger partial charge in [-0.05, 0) is 85.8 Å². The Hall–Kier alpha value is -3.61. The zero-order valence-electron chi connectivity index (χ0n) is 24.4. The van der Waals surface area contributed by atoms with Crippen LogP contribution in [0.5, 0.6) is 11.5 Å². The number of ketones is 1. The number of aliphatic carboxylic acids is 1. The van der Waals surface area contributed by atoms with Crippen LogP contribution < -0.4 is 9.47 Å². The Balaban J connectivity index is 1.68. The number of methoxy groups -OCH3 is 2. The topological polar surface area (TPSA) is 93.1 Å². The second-order valence-electron chi connectivity index (χ2n) is 11.1. The SMILES string of the molecule is CCC(C)(C)C(=O)C(=O)N1CCCC(C/C=C/c2ccccc2CCCc2cc(OC)ccc2OC)C1C(=O)O. The van der Waals surface area contributed by atoms with Crippen molar-refractivity contribution in [2.24, 2.45) is 11.3 Å². The van der Waals surface area contributed by atoms with Crippen molar-refractivity contribution in [2.75, 3.05) is 20.8 Å². The molecular formula is C33H43NO6. The summed E-state index contributed by atoms with van der Waals surface area (Å²) < 4.78 is 10.9. The highest BCUT2D eigenvalue weighted by Crippen LogP contribution is 2.31. The minimum Gasteiger partial charge on any atom is -0.497 e. The molecule has 0 radical (unpaired) electrons. The van der Waals surface area contributed by atoms with Gasteiger partial charge in [-0.1, -0.05) is 57.2 Å². The number of carbonyl (C=O) groups is 3. The molecule has 3 rings (SSSR count). The lowest BCUT2D eigenvalue weighted by atomic mass is 9.82. The molecule has 1 N–H and O–H groups in total. The number of hydrogen-bond acceptors (Lipinski definition) is 5. The van der Waals surface area contributed by atoms with Crippen molar-refractivity contribution in [2.45, 2.75) is 71.8 Å². The highest BCUT2D eigenvalue weighted by molar-refractivity contribution is 6.38. The number of rotatable bonds is 13. The number of carboxylic acid groups (broad SMARTS) is 1. The summed E-state index contributed by atoms with van der Waals surface area (Å²) >= 11 is 0. The summed E-state index contributed by atoms with van der Waals surface area (Å²) in [6.07, 6.45) is 9.11. The molecule has 7 heteroatoms. The van der Waals surface area contributed by atoms with E-state index in [1.54, 1.807) is 28.1 Å². The Morgan fingerprint density at radius 1 is 1.05 bits per heavy atom. The molecule has 0 aliphatic carbocycles. The molecule has 7 nitrogen and oxygen atoms in total. The van der Waals surface area contributed by atoms with E-state index in [2.05, 4.69) is 12.1 Å². The lowest BCUT2D eigenvalue weighted by Crippen LogP contribution is -2.56. The summed E-state index contributed by atoms with van der Waals surface area (Å²) in [5.74, 6) is -0.843. The fourth-order valence-corrected chi connectivity index (χ4v) is 5.31. The summed E-state index contributed by atoms with van der Waals surface area (Å²) in [4.78, 5) is 39.5. The molecule has 2 unspecified atom stereocenters. The van der Waals surface area contributed by atoms with Crippen molar-refractivity contribution in [1.29, 1.82) is 0 Å². The van der Waals surface area contributed by atoms with E-state index >= 15 is 0 Å². The molecule has 1 heterocycles. The average Bonchev–Trinajstić information content (AvgIpc) is 2.96. The predicted molar refractivity (Wildman–Crippen MR) is 157 cm³/mol. The van der Waals surface area contributed by atoms with Crippen LogP contribution in [0.2, 0.25) is 0 Å². The van der Waals surface area contributed by atoms with E-state index in [0.717, 1.165) is 41.9 Å². The zero-order valence-corrected chi connectivity index (χ0v) is 24.4. The van der Waals surface area contributed by atoms with Crippen LogP contribution in [0.15, 0.2) is 48.5 Å². The number of hydrogen-bond donors (Lipinski definition) is 1. The number of carbonyl (C=O) groups excluding carboxylic acids is 2. The second kappa shape index (κ2) is 14.1. The summed E-state index contributed by atoms with van der Waals surface area (Å²) in [6.45, 7) is 5.62. The molecule has 2 atom stereocenters. The maximum atomic E-state index is 13.1. The van der Waals surface area contributed by atoms with Crippen molar-refractivity contribution >= 4 is 23.7 Å². The van der Waals surface area contributed by atoms with Crippen LogP contribution in [0.25, 0.3) is 6.08 Å². The van der Waals surface area contributed by atoms with Crippen molar-refractivity contribution in [3.05, 3.63) is 65.2 Å². The zero-order chi connectivity index (χ0) is 29.3. The highest BCUT2D eigenvalue weighted by atomic mass is 16.5. The van der Waals surface area contributed by atoms with Crippen molar-refractivity contribution in [1.82, 2.24) is 4.90 Å². The van der Waals surface area contributed by atoms with E-state index in [9.17, 15) is 19.5 Å². The quantitative estimate of drug-likeness (QED) is 0.309. The van der Waals surface area contributed by atoms with Gasteiger partial charge in [-0.25, -0.2) is 4.79 Å². The molecule has 0 saturated carbocycles. The number of aryl methyl sites for hydroxylation is 2. The second-order valence-corrected chi connectivity index (χ2v) is 11.1. The third kappa shape index (κ3) is 7.52. The molecular weight excluding hydrogens is 506 g/mol. The maximum Gasteiger partial charge on any atom is 0.326 e. The molecule has 0 bridgehead atoms. The van der Waals surface area contributed by atoms with Gasteiger partial charge in [0.1, 0.15) is 17.5 Å². The number of benzene rings is 2. The Kier molecular flexibility index (Phi) is 10.9. The van der Waals surface area contributed by atoms with Crippen LogP contribution in [-0.2, 0) is 27.2 Å². The summed E-state index contributed by atoms with van der Waals surface area (Å²) in [7, 11) is 3.33. The van der Waals surface area contributed by atoms with Gasteiger partial charge in [0, 0.05) is 12.0 Å². The molecule has 0 aromatic heterocycles. The maximum absolute atomic E-state index is 13.1. The van der Waals surface area contributed by atoms with Gasteiger partial charge in [-0.2, -0.15) is 0 Å². The third-order valence-electron chi connectivity index (χ3n) is 8.13. The molecule has 0 spiro atoms. The van der Waals surface area contributed by atoms with Crippen molar-refractivity contribution in [3.8, 4) is 11.5 Å². The third-order valence-corrected chi connectivity index (χ3v) is 8.13. The molecule has 1 saturated heterocycles. The van der Waals surface area contributed by atoms with Gasteiger partial charge in [0.15, 0.2) is 0 Å². The van der Waals surface area contributed by atoms with Gasteiger partial charge in [0.25, 0.3) is 5.91 Å². The Morgan fingerprint density at radius 2 is 1.77 bits per heavy atom. The lowest BCUT2D eigenvalue weighted by molar-refractivity contribution is -0.160. The number of likely N-dealkylation sites (tertiary alicyclic amines) is 1. The van der Waals surface area contributed by atoms with Crippen LogP contribution in [0.4, 0.5) is 0 Å². The van der Waals surface area contributed by atoms with Crippen LogP contribution in [0.3, 0.4) is 0 Å². The molecule has 2 aromatic carbocycles. The van der Waals surface area contributed by atoms with Gasteiger partial charge in [-0.3, -0.25) is 9.59 Å². The van der Waals surface area contributed by atoms with E-state index in [4.69, 9.17) is 9.47 Å². The van der Waals surface area contributed by atoms with Crippen molar-refractivity contribution < 1.29 is 29.0 Å². The number of carboxylic acids is 1. The van der Waals surface area contributed by atoms with Gasteiger partial charge >= 0.3 is 5.97 Å². The minimum absolute atomic E-state index is 0.253. The van der Waals surface area contributed by atoms with E-state index in [0.29, 0.717) is 32.2 Å². The van der Waals surface area contributed by atoms with E-state index in [-0.39, 0.29) is 5.92 Å². The first kappa shape index (κ1) is 30.9. The van der Waals surface area contributed by atoms with E-state index < -0.39 is 29.1 Å². The van der Waals surface area contributed by atoms with Gasteiger partial charge in [0.05, 0.1) is 14.2 Å². The molecule has 2 aromatic rings. The molecule has 1 aliphatic rings. The van der Waals surface area contributed by atoms with Crippen LogP contribution in [-0.4, -0.2) is 54.5 Å².